The standard InChI is InChI=1S/C22H31N3O3/c1-15(2)25-9-8-18(13-25)12-24(5)22(26)21-11-20(28-23-21)14-27-19-7-6-16(3)17(4)10-19/h6-7,10-11,15,18H,8-9,12-14H2,1-5H3. The van der Waals surface area contributed by atoms with Crippen LogP contribution in [0.1, 0.15) is 47.6 Å². The molecule has 1 amide bonds. The number of ether oxygens (including phenoxy) is 1. The van der Waals surface area contributed by atoms with E-state index in [9.17, 15) is 4.79 Å². The minimum atomic E-state index is -0.107. The summed E-state index contributed by atoms with van der Waals surface area (Å²) in [4.78, 5) is 16.9. The molecule has 1 aromatic carbocycles. The Morgan fingerprint density at radius 3 is 2.79 bits per heavy atom. The van der Waals surface area contributed by atoms with Crippen molar-refractivity contribution < 1.29 is 14.1 Å². The second-order valence-electron chi connectivity index (χ2n) is 8.14. The van der Waals surface area contributed by atoms with Gasteiger partial charge in [-0.05, 0) is 69.8 Å². The summed E-state index contributed by atoms with van der Waals surface area (Å²) >= 11 is 0. The largest absolute Gasteiger partial charge is 0.486 e. The van der Waals surface area contributed by atoms with Gasteiger partial charge in [-0.1, -0.05) is 11.2 Å². The van der Waals surface area contributed by atoms with Crippen molar-refractivity contribution in [1.29, 1.82) is 0 Å². The van der Waals surface area contributed by atoms with Crippen LogP contribution < -0.4 is 4.74 Å². The lowest BCUT2D eigenvalue weighted by Gasteiger charge is -2.22. The summed E-state index contributed by atoms with van der Waals surface area (Å²) in [5.74, 6) is 1.72. The van der Waals surface area contributed by atoms with Gasteiger partial charge in [-0.3, -0.25) is 4.79 Å². The van der Waals surface area contributed by atoms with Crippen molar-refractivity contribution in [1.82, 2.24) is 15.0 Å². The second kappa shape index (κ2) is 8.78. The van der Waals surface area contributed by atoms with Gasteiger partial charge in [-0.2, -0.15) is 0 Å². The monoisotopic (exact) mass is 385 g/mol. The lowest BCUT2D eigenvalue weighted by Crippen LogP contribution is -2.34. The topological polar surface area (TPSA) is 58.8 Å². The van der Waals surface area contributed by atoms with Crippen LogP contribution in [0.3, 0.4) is 0 Å². The van der Waals surface area contributed by atoms with Gasteiger partial charge in [0.25, 0.3) is 5.91 Å². The average molecular weight is 386 g/mol. The van der Waals surface area contributed by atoms with Crippen molar-refractivity contribution >= 4 is 5.91 Å². The summed E-state index contributed by atoms with van der Waals surface area (Å²) in [5, 5.41) is 3.94. The van der Waals surface area contributed by atoms with Crippen molar-refractivity contribution in [2.75, 3.05) is 26.7 Å². The van der Waals surface area contributed by atoms with Crippen molar-refractivity contribution in [3.05, 3.63) is 46.8 Å². The maximum absolute atomic E-state index is 12.7. The Balaban J connectivity index is 1.52. The summed E-state index contributed by atoms with van der Waals surface area (Å²) in [6.07, 6.45) is 1.13. The fourth-order valence-electron chi connectivity index (χ4n) is 3.59. The van der Waals surface area contributed by atoms with Gasteiger partial charge in [0.2, 0.25) is 0 Å². The van der Waals surface area contributed by atoms with Gasteiger partial charge in [0.15, 0.2) is 11.5 Å². The van der Waals surface area contributed by atoms with Gasteiger partial charge in [0.1, 0.15) is 12.4 Å². The number of amides is 1. The zero-order valence-electron chi connectivity index (χ0n) is 17.6. The van der Waals surface area contributed by atoms with E-state index in [1.165, 1.54) is 11.1 Å². The summed E-state index contributed by atoms with van der Waals surface area (Å²) in [7, 11) is 1.83. The number of hydrogen-bond acceptors (Lipinski definition) is 5. The lowest BCUT2D eigenvalue weighted by atomic mass is 10.1. The zero-order chi connectivity index (χ0) is 20.3. The highest BCUT2D eigenvalue weighted by atomic mass is 16.5. The SMILES string of the molecule is Cc1ccc(OCc2cc(C(=O)N(C)CC3CCN(C(C)C)C3)no2)cc1C. The molecule has 1 aromatic heterocycles. The van der Waals surface area contributed by atoms with Crippen LogP contribution in [0, 0.1) is 19.8 Å². The summed E-state index contributed by atoms with van der Waals surface area (Å²) < 4.78 is 11.1. The molecule has 0 aliphatic carbocycles. The number of benzene rings is 1. The predicted octanol–water partition coefficient (Wildman–Crippen LogP) is 3.67. The Morgan fingerprint density at radius 2 is 2.11 bits per heavy atom. The molecule has 1 aliphatic heterocycles. The van der Waals surface area contributed by atoms with Crippen LogP contribution in [0.5, 0.6) is 5.75 Å². The van der Waals surface area contributed by atoms with Crippen molar-refractivity contribution in [2.24, 2.45) is 5.92 Å². The molecule has 28 heavy (non-hydrogen) atoms. The Hall–Kier alpha value is -2.34. The molecule has 3 rings (SSSR count). The first-order chi connectivity index (χ1) is 13.3. The molecule has 0 spiro atoms. The number of aromatic nitrogens is 1. The van der Waals surface area contributed by atoms with E-state index in [2.05, 4.69) is 30.8 Å². The van der Waals surface area contributed by atoms with Crippen LogP contribution in [0.2, 0.25) is 0 Å². The van der Waals surface area contributed by atoms with E-state index in [1.807, 2.05) is 32.2 Å². The Morgan fingerprint density at radius 1 is 1.32 bits per heavy atom. The molecule has 1 fully saturated rings. The van der Waals surface area contributed by atoms with Crippen LogP contribution in [0.25, 0.3) is 0 Å². The number of carbonyl (C=O) groups excluding carboxylic acids is 1. The van der Waals surface area contributed by atoms with Crippen molar-refractivity contribution in [3.8, 4) is 5.75 Å². The third-order valence-corrected chi connectivity index (χ3v) is 5.56. The molecular weight excluding hydrogens is 354 g/mol. The van der Waals surface area contributed by atoms with Gasteiger partial charge in [-0.15, -0.1) is 0 Å². The highest BCUT2D eigenvalue weighted by Crippen LogP contribution is 2.21. The maximum atomic E-state index is 12.7. The second-order valence-corrected chi connectivity index (χ2v) is 8.14. The molecule has 6 nitrogen and oxygen atoms in total. The van der Waals surface area contributed by atoms with Crippen LogP contribution in [0.15, 0.2) is 28.8 Å². The van der Waals surface area contributed by atoms with Crippen molar-refractivity contribution in [2.45, 2.75) is 46.8 Å². The highest BCUT2D eigenvalue weighted by molar-refractivity contribution is 5.92. The van der Waals surface area contributed by atoms with E-state index in [-0.39, 0.29) is 12.5 Å². The normalized spacial score (nSPS) is 17.3. The number of aryl methyl sites for hydroxylation is 2. The molecule has 2 heterocycles. The van der Waals surface area contributed by atoms with Gasteiger partial charge in [0, 0.05) is 32.2 Å². The van der Waals surface area contributed by atoms with Crippen LogP contribution >= 0.6 is 0 Å². The first-order valence-electron chi connectivity index (χ1n) is 9.98. The first-order valence-corrected chi connectivity index (χ1v) is 9.98. The fraction of sp³-hybridized carbons (Fsp3) is 0.545. The first kappa shape index (κ1) is 20.4. The van der Waals surface area contributed by atoms with E-state index in [1.54, 1.807) is 11.0 Å². The molecule has 0 radical (unpaired) electrons. The summed E-state index contributed by atoms with van der Waals surface area (Å²) in [6.45, 7) is 11.7. The quantitative estimate of drug-likeness (QED) is 0.728. The molecule has 1 atom stereocenters. The van der Waals surface area contributed by atoms with E-state index in [0.29, 0.717) is 23.4 Å². The molecule has 0 saturated carbocycles. The van der Waals surface area contributed by atoms with Gasteiger partial charge in [0.05, 0.1) is 0 Å². The van der Waals surface area contributed by atoms with Gasteiger partial charge in [-0.25, -0.2) is 0 Å². The number of nitrogens with zero attached hydrogens (tertiary/aromatic N) is 3. The van der Waals surface area contributed by atoms with Gasteiger partial charge >= 0.3 is 0 Å². The van der Waals surface area contributed by atoms with E-state index in [0.717, 1.165) is 31.8 Å². The number of carbonyl (C=O) groups is 1. The molecule has 152 valence electrons. The van der Waals surface area contributed by atoms with Crippen LogP contribution in [-0.4, -0.2) is 53.6 Å². The van der Waals surface area contributed by atoms with Crippen LogP contribution in [0.4, 0.5) is 0 Å². The number of likely N-dealkylation sites (tertiary alicyclic amines) is 1. The zero-order valence-corrected chi connectivity index (χ0v) is 17.6. The third kappa shape index (κ3) is 4.93. The highest BCUT2D eigenvalue weighted by Gasteiger charge is 2.27. The minimum Gasteiger partial charge on any atom is -0.486 e. The molecule has 2 aromatic rings. The molecule has 6 heteroatoms. The summed E-state index contributed by atoms with van der Waals surface area (Å²) in [6, 6.07) is 8.18. The predicted molar refractivity (Wildman–Crippen MR) is 109 cm³/mol. The molecule has 1 aliphatic rings. The Kier molecular flexibility index (Phi) is 6.39. The van der Waals surface area contributed by atoms with E-state index in [4.69, 9.17) is 9.26 Å². The molecular formula is C22H31N3O3. The average Bonchev–Trinajstić information content (AvgIpc) is 3.31. The molecule has 1 saturated heterocycles. The van der Waals surface area contributed by atoms with E-state index >= 15 is 0 Å². The maximum Gasteiger partial charge on any atom is 0.275 e. The smallest absolute Gasteiger partial charge is 0.275 e. The number of rotatable bonds is 7. The van der Waals surface area contributed by atoms with E-state index < -0.39 is 0 Å². The van der Waals surface area contributed by atoms with Gasteiger partial charge < -0.3 is 19.1 Å². The third-order valence-electron chi connectivity index (χ3n) is 5.56. The Bertz CT molecular complexity index is 815. The fourth-order valence-corrected chi connectivity index (χ4v) is 3.59. The lowest BCUT2D eigenvalue weighted by molar-refractivity contribution is 0.0762. The minimum absolute atomic E-state index is 0.107. The summed E-state index contributed by atoms with van der Waals surface area (Å²) in [5.41, 5.74) is 2.73. The molecule has 0 bridgehead atoms. The Labute approximate surface area is 167 Å². The van der Waals surface area contributed by atoms with Crippen LogP contribution in [-0.2, 0) is 6.61 Å². The molecule has 0 N–H and O–H groups in total. The number of hydrogen-bond donors (Lipinski definition) is 0. The van der Waals surface area contributed by atoms with Crippen molar-refractivity contribution in [3.63, 3.8) is 0 Å². The molecule has 1 unspecified atom stereocenters.